The van der Waals surface area contributed by atoms with Crippen molar-refractivity contribution in [3.63, 3.8) is 0 Å². The fourth-order valence-corrected chi connectivity index (χ4v) is 1.53. The van der Waals surface area contributed by atoms with Crippen LogP contribution in [0, 0.1) is 0 Å². The normalized spacial score (nSPS) is 10.8. The standard InChI is InChI=1S/C6H3BrClN3O/c7-4-5(8)2(9)1-3-6(4)11-12-10-3/h1H,9H2. The Labute approximate surface area is 80.8 Å². The monoisotopic (exact) mass is 247 g/mol. The summed E-state index contributed by atoms with van der Waals surface area (Å²) in [4.78, 5) is 0. The van der Waals surface area contributed by atoms with Crippen molar-refractivity contribution in [3.05, 3.63) is 15.6 Å². The molecule has 0 bridgehead atoms. The van der Waals surface area contributed by atoms with Crippen LogP contribution >= 0.6 is 27.5 Å². The molecular weight excluding hydrogens is 245 g/mol. The Morgan fingerprint density at radius 3 is 3.00 bits per heavy atom. The Morgan fingerprint density at radius 2 is 2.25 bits per heavy atom. The molecule has 2 aromatic rings. The predicted octanol–water partition coefficient (Wildman–Crippen LogP) is 2.22. The SMILES string of the molecule is Nc1cc2nonc2c(Br)c1Cl. The number of halogens is 2. The zero-order chi connectivity index (χ0) is 8.72. The molecule has 0 aliphatic rings. The van der Waals surface area contributed by atoms with Gasteiger partial charge in [-0.3, -0.25) is 0 Å². The van der Waals surface area contributed by atoms with Crippen LogP contribution in [0.2, 0.25) is 5.02 Å². The highest BCUT2D eigenvalue weighted by molar-refractivity contribution is 9.10. The third-order valence-electron chi connectivity index (χ3n) is 1.46. The van der Waals surface area contributed by atoms with E-state index in [0.29, 0.717) is 26.2 Å². The molecule has 1 heterocycles. The van der Waals surface area contributed by atoms with Gasteiger partial charge in [-0.05, 0) is 32.3 Å². The fraction of sp³-hybridized carbons (Fsp3) is 0. The van der Waals surface area contributed by atoms with Crippen LogP contribution in [0.1, 0.15) is 0 Å². The highest BCUT2D eigenvalue weighted by Gasteiger charge is 2.11. The Bertz CT molecular complexity index is 442. The molecular formula is C6H3BrClN3O. The Kier molecular flexibility index (Phi) is 1.69. The Morgan fingerprint density at radius 1 is 1.50 bits per heavy atom. The van der Waals surface area contributed by atoms with E-state index in [1.54, 1.807) is 6.07 Å². The van der Waals surface area contributed by atoms with Crippen molar-refractivity contribution in [3.8, 4) is 0 Å². The van der Waals surface area contributed by atoms with Crippen molar-refractivity contribution >= 4 is 44.3 Å². The molecule has 4 nitrogen and oxygen atoms in total. The number of rotatable bonds is 0. The molecule has 62 valence electrons. The van der Waals surface area contributed by atoms with Crippen LogP contribution in [0.3, 0.4) is 0 Å². The van der Waals surface area contributed by atoms with Crippen LogP contribution in [0.25, 0.3) is 11.0 Å². The van der Waals surface area contributed by atoms with E-state index in [9.17, 15) is 0 Å². The van der Waals surface area contributed by atoms with Crippen molar-refractivity contribution in [2.75, 3.05) is 5.73 Å². The van der Waals surface area contributed by atoms with Gasteiger partial charge in [0.25, 0.3) is 0 Å². The number of hydrogen-bond acceptors (Lipinski definition) is 4. The lowest BCUT2D eigenvalue weighted by atomic mass is 10.3. The molecule has 1 aromatic heterocycles. The minimum absolute atomic E-state index is 0.429. The summed E-state index contributed by atoms with van der Waals surface area (Å²) >= 11 is 9.07. The van der Waals surface area contributed by atoms with E-state index in [0.717, 1.165) is 0 Å². The lowest BCUT2D eigenvalue weighted by Gasteiger charge is -1.98. The highest BCUT2D eigenvalue weighted by Crippen LogP contribution is 2.33. The zero-order valence-corrected chi connectivity index (χ0v) is 8.06. The summed E-state index contributed by atoms with van der Waals surface area (Å²) in [6.45, 7) is 0. The molecule has 0 fully saturated rings. The third kappa shape index (κ3) is 0.971. The molecule has 2 rings (SSSR count). The summed E-state index contributed by atoms with van der Waals surface area (Å²) in [7, 11) is 0. The number of nitrogens with two attached hydrogens (primary N) is 1. The number of hydrogen-bond donors (Lipinski definition) is 1. The van der Waals surface area contributed by atoms with Gasteiger partial charge < -0.3 is 5.73 Å². The van der Waals surface area contributed by atoms with Gasteiger partial charge in [0, 0.05) is 0 Å². The number of benzene rings is 1. The summed E-state index contributed by atoms with van der Waals surface area (Å²) in [6, 6.07) is 1.61. The maximum absolute atomic E-state index is 5.83. The number of fused-ring (bicyclic) bond motifs is 1. The fourth-order valence-electron chi connectivity index (χ4n) is 0.884. The number of nitrogen functional groups attached to an aromatic ring is 1. The van der Waals surface area contributed by atoms with Crippen LogP contribution in [-0.2, 0) is 0 Å². The largest absolute Gasteiger partial charge is 0.397 e. The maximum Gasteiger partial charge on any atom is 0.151 e. The molecule has 6 heteroatoms. The van der Waals surface area contributed by atoms with Crippen molar-refractivity contribution in [2.24, 2.45) is 0 Å². The summed E-state index contributed by atoms with van der Waals surface area (Å²) in [5.41, 5.74) is 7.19. The molecule has 2 N–H and O–H groups in total. The molecule has 0 amide bonds. The molecule has 0 radical (unpaired) electrons. The summed E-state index contributed by atoms with van der Waals surface area (Å²) in [5.74, 6) is 0. The second kappa shape index (κ2) is 2.60. The van der Waals surface area contributed by atoms with E-state index in [1.807, 2.05) is 0 Å². The van der Waals surface area contributed by atoms with Gasteiger partial charge in [-0.15, -0.1) is 0 Å². The van der Waals surface area contributed by atoms with Crippen molar-refractivity contribution in [2.45, 2.75) is 0 Å². The van der Waals surface area contributed by atoms with Crippen LogP contribution in [0.5, 0.6) is 0 Å². The Hall–Kier alpha value is -0.810. The van der Waals surface area contributed by atoms with Gasteiger partial charge in [-0.1, -0.05) is 11.6 Å². The average Bonchev–Trinajstić information content (AvgIpc) is 2.48. The quantitative estimate of drug-likeness (QED) is 0.726. The van der Waals surface area contributed by atoms with Gasteiger partial charge in [0.1, 0.15) is 5.52 Å². The molecule has 0 unspecified atom stereocenters. The van der Waals surface area contributed by atoms with Gasteiger partial charge in [-0.2, -0.15) is 0 Å². The van der Waals surface area contributed by atoms with Crippen LogP contribution in [-0.4, -0.2) is 10.3 Å². The maximum atomic E-state index is 5.83. The molecule has 0 spiro atoms. The van der Waals surface area contributed by atoms with Crippen molar-refractivity contribution in [1.82, 2.24) is 10.3 Å². The van der Waals surface area contributed by atoms with Gasteiger partial charge in [0.2, 0.25) is 0 Å². The first-order valence-corrected chi connectivity index (χ1v) is 4.23. The highest BCUT2D eigenvalue weighted by atomic mass is 79.9. The van der Waals surface area contributed by atoms with Gasteiger partial charge in [-0.25, -0.2) is 4.63 Å². The first kappa shape index (κ1) is 7.82. The topological polar surface area (TPSA) is 64.9 Å². The van der Waals surface area contributed by atoms with E-state index in [-0.39, 0.29) is 0 Å². The van der Waals surface area contributed by atoms with Crippen LogP contribution in [0.15, 0.2) is 15.2 Å². The smallest absolute Gasteiger partial charge is 0.151 e. The lowest BCUT2D eigenvalue weighted by molar-refractivity contribution is 0.315. The predicted molar refractivity (Wildman–Crippen MR) is 48.9 cm³/mol. The first-order valence-electron chi connectivity index (χ1n) is 3.06. The summed E-state index contributed by atoms with van der Waals surface area (Å²) < 4.78 is 5.12. The van der Waals surface area contributed by atoms with E-state index in [2.05, 4.69) is 30.9 Å². The Balaban J connectivity index is 2.94. The zero-order valence-electron chi connectivity index (χ0n) is 5.71. The molecule has 1 aromatic carbocycles. The van der Waals surface area contributed by atoms with E-state index in [1.165, 1.54) is 0 Å². The van der Waals surface area contributed by atoms with Crippen LogP contribution < -0.4 is 5.73 Å². The lowest BCUT2D eigenvalue weighted by Crippen LogP contribution is -1.87. The first-order chi connectivity index (χ1) is 5.70. The minimum Gasteiger partial charge on any atom is -0.397 e. The second-order valence-electron chi connectivity index (χ2n) is 2.23. The summed E-state index contributed by atoms with van der Waals surface area (Å²) in [6.07, 6.45) is 0. The molecule has 0 atom stereocenters. The van der Waals surface area contributed by atoms with Crippen LogP contribution in [0.4, 0.5) is 5.69 Å². The van der Waals surface area contributed by atoms with Gasteiger partial charge >= 0.3 is 0 Å². The number of nitrogens with zero attached hydrogens (tertiary/aromatic N) is 2. The average molecular weight is 248 g/mol. The van der Waals surface area contributed by atoms with E-state index >= 15 is 0 Å². The molecule has 0 aliphatic heterocycles. The molecule has 0 saturated carbocycles. The van der Waals surface area contributed by atoms with E-state index in [4.69, 9.17) is 17.3 Å². The second-order valence-corrected chi connectivity index (χ2v) is 3.40. The van der Waals surface area contributed by atoms with Gasteiger partial charge in [0.15, 0.2) is 5.52 Å². The van der Waals surface area contributed by atoms with Gasteiger partial charge in [0.05, 0.1) is 15.2 Å². The minimum atomic E-state index is 0.429. The molecule has 0 saturated heterocycles. The van der Waals surface area contributed by atoms with Crippen molar-refractivity contribution in [1.29, 1.82) is 0 Å². The van der Waals surface area contributed by atoms with E-state index < -0.39 is 0 Å². The summed E-state index contributed by atoms with van der Waals surface area (Å²) in [5, 5.41) is 7.70. The molecule has 12 heavy (non-hydrogen) atoms. The molecule has 0 aliphatic carbocycles. The third-order valence-corrected chi connectivity index (χ3v) is 2.87. The number of aromatic nitrogens is 2. The van der Waals surface area contributed by atoms with Crippen molar-refractivity contribution < 1.29 is 4.63 Å². The number of anilines is 1.